The summed E-state index contributed by atoms with van der Waals surface area (Å²) < 4.78 is 23.1. The van der Waals surface area contributed by atoms with Crippen LogP contribution in [0, 0.1) is 0 Å². The number of nitrogens with two attached hydrogens (primary N) is 1. The van der Waals surface area contributed by atoms with Crippen LogP contribution in [0.1, 0.15) is 0 Å². The third-order valence-electron chi connectivity index (χ3n) is 4.33. The molecule has 0 aliphatic rings. The van der Waals surface area contributed by atoms with Crippen LogP contribution in [0.5, 0.6) is 5.75 Å². The number of ether oxygens (including phenoxy) is 4. The molecule has 0 saturated carbocycles. The van der Waals surface area contributed by atoms with Crippen LogP contribution in [0.25, 0.3) is 22.4 Å². The van der Waals surface area contributed by atoms with Crippen LogP contribution in [-0.4, -0.2) is 72.0 Å². The smallest absolute Gasteiger partial charge is 0.188 e. The summed E-state index contributed by atoms with van der Waals surface area (Å²) in [4.78, 5) is 0. The molecule has 3 aromatic rings. The zero-order valence-electron chi connectivity index (χ0n) is 17.4. The van der Waals surface area contributed by atoms with Crippen LogP contribution >= 0.6 is 0 Å². The van der Waals surface area contributed by atoms with Gasteiger partial charge in [-0.3, -0.25) is 4.68 Å². The van der Waals surface area contributed by atoms with Crippen LogP contribution in [0.4, 0.5) is 5.82 Å². The zero-order chi connectivity index (χ0) is 21.9. The fraction of sp³-hybridized carbons (Fsp3) is 0.381. The van der Waals surface area contributed by atoms with Gasteiger partial charge in [-0.05, 0) is 18.2 Å². The minimum atomic E-state index is 0.0105. The molecule has 0 saturated heterocycles. The summed E-state index contributed by atoms with van der Waals surface area (Å²) >= 11 is 0. The lowest BCUT2D eigenvalue weighted by atomic mass is 10.1. The molecule has 0 fully saturated rings. The van der Waals surface area contributed by atoms with Gasteiger partial charge in [-0.25, -0.2) is 0 Å². The molecule has 1 aromatic carbocycles. The second-order valence-electron chi connectivity index (χ2n) is 6.52. The zero-order valence-corrected chi connectivity index (χ0v) is 17.4. The Morgan fingerprint density at radius 1 is 1.03 bits per heavy atom. The first-order valence-corrected chi connectivity index (χ1v) is 9.86. The maximum absolute atomic E-state index is 8.66. The summed E-state index contributed by atoms with van der Waals surface area (Å²) in [5.74, 6) is 0.959. The van der Waals surface area contributed by atoms with Crippen molar-refractivity contribution in [2.24, 2.45) is 0 Å². The van der Waals surface area contributed by atoms with E-state index < -0.39 is 0 Å². The number of anilines is 1. The second-order valence-corrected chi connectivity index (χ2v) is 6.52. The molecule has 166 valence electrons. The Morgan fingerprint density at radius 2 is 1.84 bits per heavy atom. The van der Waals surface area contributed by atoms with E-state index in [0.29, 0.717) is 50.2 Å². The first-order valence-electron chi connectivity index (χ1n) is 9.86. The topological polar surface area (TPSA) is 127 Å². The number of nitrogen functional groups attached to an aromatic ring is 1. The van der Waals surface area contributed by atoms with Crippen molar-refractivity contribution < 1.29 is 24.1 Å². The first kappa shape index (κ1) is 22.6. The maximum atomic E-state index is 8.66. The highest BCUT2D eigenvalue weighted by Gasteiger charge is 2.13. The number of aromatic nitrogens is 4. The minimum Gasteiger partial charge on any atom is -0.467 e. The molecule has 0 atom stereocenters. The average molecular weight is 429 g/mol. The predicted molar refractivity (Wildman–Crippen MR) is 114 cm³/mol. The molecule has 3 N–H and O–H groups in total. The van der Waals surface area contributed by atoms with Crippen LogP contribution in [-0.2, 0) is 20.8 Å². The van der Waals surface area contributed by atoms with Gasteiger partial charge in [0.15, 0.2) is 12.6 Å². The van der Waals surface area contributed by atoms with E-state index in [4.69, 9.17) is 29.8 Å². The van der Waals surface area contributed by atoms with Crippen molar-refractivity contribution in [3.8, 4) is 28.1 Å². The monoisotopic (exact) mass is 429 g/mol. The molecule has 2 heterocycles. The summed E-state index contributed by atoms with van der Waals surface area (Å²) in [7, 11) is 1.57. The van der Waals surface area contributed by atoms with Gasteiger partial charge in [0, 0.05) is 30.0 Å². The van der Waals surface area contributed by atoms with Gasteiger partial charge >= 0.3 is 0 Å². The molecule has 0 bridgehead atoms. The summed E-state index contributed by atoms with van der Waals surface area (Å²) in [6, 6.07) is 9.40. The van der Waals surface area contributed by atoms with Crippen LogP contribution in [0.3, 0.4) is 0 Å². The summed E-state index contributed by atoms with van der Waals surface area (Å²) in [6.07, 6.45) is 3.62. The van der Waals surface area contributed by atoms with Crippen molar-refractivity contribution in [2.75, 3.05) is 52.7 Å². The van der Waals surface area contributed by atoms with E-state index in [1.54, 1.807) is 18.0 Å². The number of hydrogen-bond donors (Lipinski definition) is 2. The Kier molecular flexibility index (Phi) is 8.73. The molecule has 0 unspecified atom stereocenters. The van der Waals surface area contributed by atoms with Gasteiger partial charge < -0.3 is 29.8 Å². The number of aliphatic hydroxyl groups excluding tert-OH is 1. The van der Waals surface area contributed by atoms with Crippen molar-refractivity contribution in [3.63, 3.8) is 0 Å². The van der Waals surface area contributed by atoms with Crippen molar-refractivity contribution >= 4 is 5.82 Å². The van der Waals surface area contributed by atoms with Crippen molar-refractivity contribution in [1.82, 2.24) is 20.0 Å². The molecule has 0 amide bonds. The molecular formula is C21H27N5O5. The highest BCUT2D eigenvalue weighted by molar-refractivity contribution is 5.78. The number of methoxy groups -OCH3 is 1. The van der Waals surface area contributed by atoms with Gasteiger partial charge in [-0.1, -0.05) is 12.1 Å². The number of para-hydroxylation sites is 1. The normalized spacial score (nSPS) is 11.0. The lowest BCUT2D eigenvalue weighted by Gasteiger charge is -2.11. The second kappa shape index (κ2) is 12.0. The fourth-order valence-electron chi connectivity index (χ4n) is 2.86. The largest absolute Gasteiger partial charge is 0.467 e. The standard InChI is InChI=1S/C21H27N5O5/c1-28-15-31-20-5-3-2-4-17(20)19-12-18(21(22)25-24-19)16-13-23-26(14-16)6-8-29-10-11-30-9-7-27/h2-5,12-14,27H,6-11,15H2,1H3,(H2,22,25). The molecule has 31 heavy (non-hydrogen) atoms. The Bertz CT molecular complexity index is 949. The van der Waals surface area contributed by atoms with Gasteiger partial charge in [-0.15, -0.1) is 10.2 Å². The third-order valence-corrected chi connectivity index (χ3v) is 4.33. The molecule has 0 radical (unpaired) electrons. The molecule has 2 aromatic heterocycles. The quantitative estimate of drug-likeness (QED) is 0.308. The predicted octanol–water partition coefficient (Wildman–Crippen LogP) is 1.60. The van der Waals surface area contributed by atoms with Gasteiger partial charge in [0.2, 0.25) is 0 Å². The highest BCUT2D eigenvalue weighted by Crippen LogP contribution is 2.32. The number of aliphatic hydroxyl groups is 1. The van der Waals surface area contributed by atoms with E-state index in [1.165, 1.54) is 0 Å². The third kappa shape index (κ3) is 6.46. The first-order chi connectivity index (χ1) is 15.2. The molecule has 0 spiro atoms. The lowest BCUT2D eigenvalue weighted by Crippen LogP contribution is -2.11. The van der Waals surface area contributed by atoms with E-state index in [0.717, 1.165) is 16.7 Å². The van der Waals surface area contributed by atoms with E-state index in [-0.39, 0.29) is 13.4 Å². The fourth-order valence-corrected chi connectivity index (χ4v) is 2.86. The molecule has 10 nitrogen and oxygen atoms in total. The molecular weight excluding hydrogens is 402 g/mol. The van der Waals surface area contributed by atoms with Gasteiger partial charge in [-0.2, -0.15) is 5.10 Å². The summed E-state index contributed by atoms with van der Waals surface area (Å²) in [5.41, 5.74) is 9.07. The van der Waals surface area contributed by atoms with Crippen LogP contribution in [0.2, 0.25) is 0 Å². The van der Waals surface area contributed by atoms with Gasteiger partial charge in [0.05, 0.1) is 51.5 Å². The SMILES string of the molecule is COCOc1ccccc1-c1cc(-c2cnn(CCOCCOCCO)c2)c(N)nn1. The van der Waals surface area contributed by atoms with E-state index in [1.807, 2.05) is 36.5 Å². The van der Waals surface area contributed by atoms with Crippen LogP contribution in [0.15, 0.2) is 42.7 Å². The van der Waals surface area contributed by atoms with Gasteiger partial charge in [0.25, 0.3) is 0 Å². The van der Waals surface area contributed by atoms with Crippen molar-refractivity contribution in [3.05, 3.63) is 42.7 Å². The minimum absolute atomic E-state index is 0.0105. The molecule has 3 rings (SSSR count). The molecule has 0 aliphatic heterocycles. The Morgan fingerprint density at radius 3 is 2.65 bits per heavy atom. The van der Waals surface area contributed by atoms with E-state index in [9.17, 15) is 0 Å². The van der Waals surface area contributed by atoms with Gasteiger partial charge in [0.1, 0.15) is 5.75 Å². The van der Waals surface area contributed by atoms with Crippen molar-refractivity contribution in [1.29, 1.82) is 0 Å². The highest BCUT2D eigenvalue weighted by atomic mass is 16.7. The van der Waals surface area contributed by atoms with E-state index >= 15 is 0 Å². The molecule has 10 heteroatoms. The number of nitrogens with zero attached hydrogens (tertiary/aromatic N) is 4. The number of hydrogen-bond acceptors (Lipinski definition) is 9. The summed E-state index contributed by atoms with van der Waals surface area (Å²) in [6.45, 7) is 2.44. The average Bonchev–Trinajstić information content (AvgIpc) is 3.26. The lowest BCUT2D eigenvalue weighted by molar-refractivity contribution is 0.0303. The van der Waals surface area contributed by atoms with E-state index in [2.05, 4.69) is 15.3 Å². The Labute approximate surface area is 180 Å². The molecule has 0 aliphatic carbocycles. The summed E-state index contributed by atoms with van der Waals surface area (Å²) in [5, 5.41) is 21.4. The Hall–Kier alpha value is -3.05. The number of benzene rings is 1. The number of rotatable bonds is 13. The van der Waals surface area contributed by atoms with Crippen LogP contribution < -0.4 is 10.5 Å². The Balaban J connectivity index is 1.68. The van der Waals surface area contributed by atoms with Crippen molar-refractivity contribution in [2.45, 2.75) is 6.54 Å². The maximum Gasteiger partial charge on any atom is 0.188 e.